The highest BCUT2D eigenvalue weighted by molar-refractivity contribution is 6.36. The number of amides is 1. The van der Waals surface area contributed by atoms with Crippen LogP contribution in [0.15, 0.2) is 12.1 Å². The van der Waals surface area contributed by atoms with Crippen LogP contribution in [-0.4, -0.2) is 25.7 Å². The summed E-state index contributed by atoms with van der Waals surface area (Å²) in [6, 6.07) is 2.26. The molecule has 0 spiro atoms. The lowest BCUT2D eigenvalue weighted by Gasteiger charge is -2.09. The Labute approximate surface area is 128 Å². The average molecular weight is 322 g/mol. The number of nitrogens with one attached hydrogen (secondary N) is 1. The van der Waals surface area contributed by atoms with Gasteiger partial charge >= 0.3 is 0 Å². The van der Waals surface area contributed by atoms with E-state index in [-0.39, 0.29) is 15.6 Å². The van der Waals surface area contributed by atoms with Gasteiger partial charge < -0.3 is 10.1 Å². The van der Waals surface area contributed by atoms with E-state index in [2.05, 4.69) is 19.2 Å². The molecule has 0 fully saturated rings. The number of halogens is 3. The van der Waals surface area contributed by atoms with Gasteiger partial charge in [-0.3, -0.25) is 4.79 Å². The highest BCUT2D eigenvalue weighted by Crippen LogP contribution is 2.24. The summed E-state index contributed by atoms with van der Waals surface area (Å²) in [7, 11) is 0. The Balaban J connectivity index is 2.38. The molecular weight excluding hydrogens is 304 g/mol. The lowest BCUT2D eigenvalue weighted by atomic mass is 10.2. The average Bonchev–Trinajstić information content (AvgIpc) is 2.37. The summed E-state index contributed by atoms with van der Waals surface area (Å²) in [5.74, 6) is -0.601. The first-order valence-corrected chi connectivity index (χ1v) is 7.18. The predicted octanol–water partition coefficient (Wildman–Crippen LogP) is 3.93. The zero-order valence-corrected chi connectivity index (χ0v) is 13.0. The standard InChI is InChI=1S/C14H18Cl2FNO2/c1-9(2)8-20-5-3-4-18-14(19)10-6-13(17)12(16)7-11(10)15/h6-7,9H,3-5,8H2,1-2H3,(H,18,19). The second-order valence-electron chi connectivity index (χ2n) is 4.82. The zero-order valence-electron chi connectivity index (χ0n) is 11.5. The maximum absolute atomic E-state index is 13.3. The molecule has 1 rings (SSSR count). The third-order valence-corrected chi connectivity index (χ3v) is 3.06. The Morgan fingerprint density at radius 3 is 2.70 bits per heavy atom. The molecule has 0 aromatic heterocycles. The van der Waals surface area contributed by atoms with Gasteiger partial charge in [0.2, 0.25) is 0 Å². The van der Waals surface area contributed by atoms with E-state index in [4.69, 9.17) is 27.9 Å². The molecule has 20 heavy (non-hydrogen) atoms. The van der Waals surface area contributed by atoms with Crippen molar-refractivity contribution in [2.75, 3.05) is 19.8 Å². The number of rotatable bonds is 7. The number of ether oxygens (including phenoxy) is 1. The quantitative estimate of drug-likeness (QED) is 0.610. The SMILES string of the molecule is CC(C)COCCCNC(=O)c1cc(F)c(Cl)cc1Cl. The van der Waals surface area contributed by atoms with Crippen molar-refractivity contribution in [1.29, 1.82) is 0 Å². The molecule has 1 aromatic carbocycles. The molecule has 0 aliphatic carbocycles. The molecular formula is C14H18Cl2FNO2. The van der Waals surface area contributed by atoms with Crippen molar-refractivity contribution in [2.45, 2.75) is 20.3 Å². The fourth-order valence-electron chi connectivity index (χ4n) is 1.49. The van der Waals surface area contributed by atoms with Gasteiger partial charge in [-0.15, -0.1) is 0 Å². The van der Waals surface area contributed by atoms with Crippen molar-refractivity contribution in [3.8, 4) is 0 Å². The molecule has 3 nitrogen and oxygen atoms in total. The Hall–Kier alpha value is -0.840. The van der Waals surface area contributed by atoms with Gasteiger partial charge in [0.15, 0.2) is 0 Å². The number of carbonyl (C=O) groups excluding carboxylic acids is 1. The molecule has 0 unspecified atom stereocenters. The van der Waals surface area contributed by atoms with E-state index >= 15 is 0 Å². The topological polar surface area (TPSA) is 38.3 Å². The van der Waals surface area contributed by atoms with Crippen LogP contribution in [0.3, 0.4) is 0 Å². The van der Waals surface area contributed by atoms with E-state index in [1.807, 2.05) is 0 Å². The van der Waals surface area contributed by atoms with E-state index in [0.29, 0.717) is 32.1 Å². The lowest BCUT2D eigenvalue weighted by Crippen LogP contribution is -2.25. The van der Waals surface area contributed by atoms with Crippen molar-refractivity contribution in [3.63, 3.8) is 0 Å². The van der Waals surface area contributed by atoms with Crippen LogP contribution in [0.2, 0.25) is 10.0 Å². The van der Waals surface area contributed by atoms with Crippen LogP contribution in [-0.2, 0) is 4.74 Å². The molecule has 112 valence electrons. The molecule has 1 N–H and O–H groups in total. The third kappa shape index (κ3) is 5.65. The van der Waals surface area contributed by atoms with Crippen LogP contribution < -0.4 is 5.32 Å². The third-order valence-electron chi connectivity index (χ3n) is 2.46. The fraction of sp³-hybridized carbons (Fsp3) is 0.500. The largest absolute Gasteiger partial charge is 0.381 e. The van der Waals surface area contributed by atoms with Gasteiger partial charge in [-0.2, -0.15) is 0 Å². The Bertz CT molecular complexity index is 467. The van der Waals surface area contributed by atoms with Gasteiger partial charge in [0.1, 0.15) is 5.82 Å². The first-order valence-electron chi connectivity index (χ1n) is 6.42. The van der Waals surface area contributed by atoms with Crippen LogP contribution in [0, 0.1) is 11.7 Å². The van der Waals surface area contributed by atoms with Crippen molar-refractivity contribution >= 4 is 29.1 Å². The summed E-state index contributed by atoms with van der Waals surface area (Å²) >= 11 is 11.4. The summed E-state index contributed by atoms with van der Waals surface area (Å²) in [4.78, 5) is 11.8. The first-order chi connectivity index (χ1) is 9.41. The summed E-state index contributed by atoms with van der Waals surface area (Å²) in [6.45, 7) is 5.85. The van der Waals surface area contributed by atoms with Crippen LogP contribution in [0.5, 0.6) is 0 Å². The summed E-state index contributed by atoms with van der Waals surface area (Å²) in [6.07, 6.45) is 0.687. The van der Waals surface area contributed by atoms with Crippen LogP contribution >= 0.6 is 23.2 Å². The summed E-state index contributed by atoms with van der Waals surface area (Å²) in [5, 5.41) is 2.69. The minimum atomic E-state index is -0.665. The van der Waals surface area contributed by atoms with Crippen LogP contribution in [0.4, 0.5) is 4.39 Å². The van der Waals surface area contributed by atoms with E-state index in [9.17, 15) is 9.18 Å². The minimum Gasteiger partial charge on any atom is -0.381 e. The molecule has 0 saturated carbocycles. The first kappa shape index (κ1) is 17.2. The maximum Gasteiger partial charge on any atom is 0.252 e. The van der Waals surface area contributed by atoms with Gasteiger partial charge in [0.05, 0.1) is 15.6 Å². The van der Waals surface area contributed by atoms with E-state index in [0.717, 1.165) is 6.07 Å². The highest BCUT2D eigenvalue weighted by atomic mass is 35.5. The molecule has 0 radical (unpaired) electrons. The van der Waals surface area contributed by atoms with Gasteiger partial charge in [-0.1, -0.05) is 37.0 Å². The second-order valence-corrected chi connectivity index (χ2v) is 5.64. The number of hydrogen-bond donors (Lipinski definition) is 1. The molecule has 0 saturated heterocycles. The molecule has 6 heteroatoms. The van der Waals surface area contributed by atoms with Crippen molar-refractivity contribution in [1.82, 2.24) is 5.32 Å². The van der Waals surface area contributed by atoms with Crippen molar-refractivity contribution in [3.05, 3.63) is 33.6 Å². The van der Waals surface area contributed by atoms with Crippen LogP contribution in [0.25, 0.3) is 0 Å². The highest BCUT2D eigenvalue weighted by Gasteiger charge is 2.13. The van der Waals surface area contributed by atoms with Gasteiger partial charge in [-0.25, -0.2) is 4.39 Å². The van der Waals surface area contributed by atoms with Gasteiger partial charge in [-0.05, 0) is 24.5 Å². The van der Waals surface area contributed by atoms with E-state index in [1.165, 1.54) is 6.07 Å². The summed E-state index contributed by atoms with van der Waals surface area (Å²) in [5.41, 5.74) is 0.0802. The number of carbonyl (C=O) groups is 1. The molecule has 0 atom stereocenters. The van der Waals surface area contributed by atoms with Gasteiger partial charge in [0, 0.05) is 19.8 Å². The smallest absolute Gasteiger partial charge is 0.252 e. The zero-order chi connectivity index (χ0) is 15.1. The van der Waals surface area contributed by atoms with Crippen molar-refractivity contribution < 1.29 is 13.9 Å². The van der Waals surface area contributed by atoms with Crippen molar-refractivity contribution in [2.24, 2.45) is 5.92 Å². The Morgan fingerprint density at radius 2 is 2.05 bits per heavy atom. The Kier molecular flexibility index (Phi) is 7.27. The van der Waals surface area contributed by atoms with E-state index in [1.54, 1.807) is 0 Å². The van der Waals surface area contributed by atoms with Gasteiger partial charge in [0.25, 0.3) is 5.91 Å². The normalized spacial score (nSPS) is 10.9. The molecule has 1 aromatic rings. The van der Waals surface area contributed by atoms with Crippen LogP contribution in [0.1, 0.15) is 30.6 Å². The molecule has 0 aliphatic heterocycles. The van der Waals surface area contributed by atoms with E-state index < -0.39 is 11.7 Å². The molecule has 1 amide bonds. The molecule has 0 bridgehead atoms. The minimum absolute atomic E-state index is 0.0802. The maximum atomic E-state index is 13.3. The lowest BCUT2D eigenvalue weighted by molar-refractivity contribution is 0.0924. The molecule has 0 heterocycles. The number of benzene rings is 1. The monoisotopic (exact) mass is 321 g/mol. The second kappa shape index (κ2) is 8.45. The molecule has 0 aliphatic rings. The summed E-state index contributed by atoms with van der Waals surface area (Å²) < 4.78 is 18.7. The number of hydrogen-bond acceptors (Lipinski definition) is 2. The predicted molar refractivity (Wildman–Crippen MR) is 79.0 cm³/mol. The Morgan fingerprint density at radius 1 is 1.35 bits per heavy atom. The fourth-order valence-corrected chi connectivity index (χ4v) is 1.96.